The molecule has 3 rings (SSSR count). The Morgan fingerprint density at radius 1 is 1.12 bits per heavy atom. The Labute approximate surface area is 150 Å². The number of aryl methyl sites for hydroxylation is 1. The summed E-state index contributed by atoms with van der Waals surface area (Å²) >= 11 is 6.15. The first-order valence-corrected chi connectivity index (χ1v) is 7.99. The van der Waals surface area contributed by atoms with E-state index in [0.717, 1.165) is 16.7 Å². The van der Waals surface area contributed by atoms with Crippen molar-refractivity contribution < 1.29 is 9.90 Å². The number of rotatable bonds is 3. The number of carbonyl (C=O) groups is 1. The van der Waals surface area contributed by atoms with Gasteiger partial charge in [-0.3, -0.25) is 0 Å². The molecule has 0 unspecified atom stereocenters. The first-order valence-electron chi connectivity index (χ1n) is 7.61. The minimum absolute atomic E-state index is 0.0136. The molecule has 0 aliphatic carbocycles. The number of carboxylic acids is 1. The molecule has 1 N–H and O–H groups in total. The molecule has 0 saturated carbocycles. The molecule has 0 atom stereocenters. The number of benzene rings is 2. The van der Waals surface area contributed by atoms with Crippen molar-refractivity contribution in [1.82, 2.24) is 4.57 Å². The van der Waals surface area contributed by atoms with Crippen molar-refractivity contribution in [3.63, 3.8) is 0 Å². The normalized spacial score (nSPS) is 10.5. The van der Waals surface area contributed by atoms with Crippen LogP contribution in [0.2, 0.25) is 5.15 Å². The summed E-state index contributed by atoms with van der Waals surface area (Å²) < 4.78 is 1.34. The maximum atomic E-state index is 11.6. The van der Waals surface area contributed by atoms with Gasteiger partial charge >= 0.3 is 5.97 Å². The highest BCUT2D eigenvalue weighted by atomic mass is 35.5. The molecule has 0 amide bonds. The Bertz CT molecular complexity index is 1010. The fourth-order valence-electron chi connectivity index (χ4n) is 2.98. The molecule has 3 aromatic rings. The zero-order valence-electron chi connectivity index (χ0n) is 13.7. The van der Waals surface area contributed by atoms with E-state index in [-0.39, 0.29) is 16.5 Å². The molecule has 4 nitrogen and oxygen atoms in total. The van der Waals surface area contributed by atoms with Gasteiger partial charge in [0.2, 0.25) is 5.69 Å². The Kier molecular flexibility index (Phi) is 4.35. The van der Waals surface area contributed by atoms with Crippen molar-refractivity contribution in [3.05, 3.63) is 76.4 Å². The molecule has 0 aliphatic heterocycles. The molecule has 0 spiro atoms. The number of halogens is 1. The Balaban J connectivity index is 2.16. The summed E-state index contributed by atoms with van der Waals surface area (Å²) in [4.78, 5) is 15.1. The maximum Gasteiger partial charge on any atom is 0.351 e. The highest BCUT2D eigenvalue weighted by Gasteiger charge is 2.25. The van der Waals surface area contributed by atoms with Crippen LogP contribution >= 0.6 is 11.6 Å². The van der Waals surface area contributed by atoms with Crippen molar-refractivity contribution in [3.8, 4) is 22.3 Å². The van der Waals surface area contributed by atoms with E-state index >= 15 is 0 Å². The van der Waals surface area contributed by atoms with Crippen LogP contribution in [-0.2, 0) is 7.05 Å². The van der Waals surface area contributed by atoms with Crippen molar-refractivity contribution in [1.29, 1.82) is 0 Å². The van der Waals surface area contributed by atoms with E-state index in [1.807, 2.05) is 55.5 Å². The van der Waals surface area contributed by atoms with E-state index in [2.05, 4.69) is 4.85 Å². The fraction of sp³-hybridized carbons (Fsp3) is 0.100. The quantitative estimate of drug-likeness (QED) is 0.628. The van der Waals surface area contributed by atoms with Gasteiger partial charge in [0.1, 0.15) is 10.8 Å². The van der Waals surface area contributed by atoms with Gasteiger partial charge in [0.05, 0.1) is 6.57 Å². The van der Waals surface area contributed by atoms with Crippen LogP contribution in [0, 0.1) is 13.5 Å². The van der Waals surface area contributed by atoms with Crippen molar-refractivity contribution >= 4 is 23.3 Å². The van der Waals surface area contributed by atoms with E-state index in [4.69, 9.17) is 18.2 Å². The van der Waals surface area contributed by atoms with Crippen molar-refractivity contribution in [2.24, 2.45) is 7.05 Å². The summed E-state index contributed by atoms with van der Waals surface area (Å²) in [6, 6.07) is 15.6. The van der Waals surface area contributed by atoms with Gasteiger partial charge < -0.3 is 9.67 Å². The number of carboxylic acid groups (broad SMARTS) is 1. The van der Waals surface area contributed by atoms with Crippen LogP contribution in [0.4, 0.5) is 5.69 Å². The van der Waals surface area contributed by atoms with Crippen LogP contribution in [0.15, 0.2) is 48.5 Å². The summed E-state index contributed by atoms with van der Waals surface area (Å²) in [5.74, 6) is -1.11. The summed E-state index contributed by atoms with van der Waals surface area (Å²) in [5.41, 5.74) is 4.49. The first kappa shape index (κ1) is 16.8. The smallest absolute Gasteiger partial charge is 0.351 e. The van der Waals surface area contributed by atoms with Gasteiger partial charge in [-0.1, -0.05) is 60.1 Å². The van der Waals surface area contributed by atoms with Gasteiger partial charge in [-0.25, -0.2) is 9.64 Å². The average Bonchev–Trinajstić information content (AvgIpc) is 2.86. The van der Waals surface area contributed by atoms with Crippen LogP contribution in [0.3, 0.4) is 0 Å². The third-order valence-corrected chi connectivity index (χ3v) is 4.68. The molecule has 0 saturated heterocycles. The van der Waals surface area contributed by atoms with E-state index in [1.54, 1.807) is 7.05 Å². The molecule has 25 heavy (non-hydrogen) atoms. The van der Waals surface area contributed by atoms with E-state index < -0.39 is 5.97 Å². The maximum absolute atomic E-state index is 11.6. The van der Waals surface area contributed by atoms with Gasteiger partial charge in [-0.2, -0.15) is 0 Å². The SMILES string of the molecule is [C-]#[N+]c1c(-c2ccc(-c3ccccc3C)cc2)c(C(=O)O)n(C)c1Cl. The summed E-state index contributed by atoms with van der Waals surface area (Å²) in [6.45, 7) is 9.41. The number of aromatic carboxylic acids is 1. The lowest BCUT2D eigenvalue weighted by Gasteiger charge is -2.08. The molecule has 0 fully saturated rings. The lowest BCUT2D eigenvalue weighted by molar-refractivity contribution is 0.0687. The Hall–Kier alpha value is -3.03. The Morgan fingerprint density at radius 3 is 2.28 bits per heavy atom. The van der Waals surface area contributed by atoms with Crippen LogP contribution < -0.4 is 0 Å². The minimum atomic E-state index is -1.11. The third kappa shape index (κ3) is 2.79. The fourth-order valence-corrected chi connectivity index (χ4v) is 3.20. The molecule has 0 radical (unpaired) electrons. The minimum Gasteiger partial charge on any atom is -0.477 e. The van der Waals surface area contributed by atoms with Gasteiger partial charge in [0.25, 0.3) is 0 Å². The predicted molar refractivity (Wildman–Crippen MR) is 99.3 cm³/mol. The number of hydrogen-bond acceptors (Lipinski definition) is 1. The highest BCUT2D eigenvalue weighted by molar-refractivity contribution is 6.34. The van der Waals surface area contributed by atoms with Crippen LogP contribution in [0.1, 0.15) is 16.1 Å². The number of hydrogen-bond donors (Lipinski definition) is 1. The molecule has 1 heterocycles. The second-order valence-corrected chi connectivity index (χ2v) is 6.09. The highest BCUT2D eigenvalue weighted by Crippen LogP contribution is 2.42. The van der Waals surface area contributed by atoms with Gasteiger partial charge in [0.15, 0.2) is 0 Å². The average molecular weight is 351 g/mol. The molecule has 0 bridgehead atoms. The topological polar surface area (TPSA) is 46.6 Å². The lowest BCUT2D eigenvalue weighted by Crippen LogP contribution is -2.05. The summed E-state index contributed by atoms with van der Waals surface area (Å²) in [7, 11) is 1.55. The molecular formula is C20H15ClN2O2. The summed E-state index contributed by atoms with van der Waals surface area (Å²) in [5, 5.41) is 9.66. The molecule has 2 aromatic carbocycles. The zero-order valence-corrected chi connectivity index (χ0v) is 14.5. The first-order chi connectivity index (χ1) is 12.0. The van der Waals surface area contributed by atoms with E-state index in [0.29, 0.717) is 11.1 Å². The second kappa shape index (κ2) is 6.46. The monoisotopic (exact) mass is 350 g/mol. The van der Waals surface area contributed by atoms with E-state index in [9.17, 15) is 9.90 Å². The van der Waals surface area contributed by atoms with E-state index in [1.165, 1.54) is 4.57 Å². The third-order valence-electron chi connectivity index (χ3n) is 4.24. The van der Waals surface area contributed by atoms with Crippen molar-refractivity contribution in [2.75, 3.05) is 0 Å². The van der Waals surface area contributed by atoms with Crippen LogP contribution in [0.25, 0.3) is 27.1 Å². The van der Waals surface area contributed by atoms with Gasteiger partial charge in [-0.15, -0.1) is 0 Å². The second-order valence-electron chi connectivity index (χ2n) is 5.73. The molecular weight excluding hydrogens is 336 g/mol. The zero-order chi connectivity index (χ0) is 18.1. The van der Waals surface area contributed by atoms with Gasteiger partial charge in [0, 0.05) is 12.6 Å². The standard InChI is InChI=1S/C20H15ClN2O2/c1-12-6-4-5-7-15(12)13-8-10-14(11-9-13)16-17(22-2)19(21)23(3)18(16)20(24)25/h4-11H,1,3H3,(H,24,25). The number of aromatic nitrogens is 1. The molecule has 0 aliphatic rings. The van der Waals surface area contributed by atoms with Gasteiger partial charge in [-0.05, 0) is 29.2 Å². The largest absolute Gasteiger partial charge is 0.477 e. The lowest BCUT2D eigenvalue weighted by atomic mass is 9.97. The molecule has 5 heteroatoms. The van der Waals surface area contributed by atoms with Crippen LogP contribution in [-0.4, -0.2) is 15.6 Å². The molecule has 124 valence electrons. The van der Waals surface area contributed by atoms with Crippen molar-refractivity contribution in [2.45, 2.75) is 6.92 Å². The predicted octanol–water partition coefficient (Wildman–Crippen LogP) is 5.57. The summed E-state index contributed by atoms with van der Waals surface area (Å²) in [6.07, 6.45) is 0. The molecule has 1 aromatic heterocycles. The Morgan fingerprint density at radius 2 is 1.72 bits per heavy atom. The van der Waals surface area contributed by atoms with Crippen LogP contribution in [0.5, 0.6) is 0 Å². The number of nitrogens with zero attached hydrogens (tertiary/aromatic N) is 2.